The quantitative estimate of drug-likeness (QED) is 0.550. The first-order valence-corrected chi connectivity index (χ1v) is 8.59. The van der Waals surface area contributed by atoms with Gasteiger partial charge in [-0.3, -0.25) is 4.79 Å². The van der Waals surface area contributed by atoms with Gasteiger partial charge in [0.05, 0.1) is 5.56 Å². The number of hydrogen-bond donors (Lipinski definition) is 3. The smallest absolute Gasteiger partial charge is 0.339 e. The van der Waals surface area contributed by atoms with Crippen LogP contribution in [0.15, 0.2) is 65.2 Å². The minimum absolute atomic E-state index is 0.200. The maximum Gasteiger partial charge on any atom is 0.339 e. The molecule has 9 heteroatoms. The molecule has 0 aliphatic rings. The van der Waals surface area contributed by atoms with Crippen LogP contribution in [0, 0.1) is 6.92 Å². The molecule has 0 bridgehead atoms. The van der Waals surface area contributed by atoms with E-state index in [1.807, 2.05) is 0 Å². The van der Waals surface area contributed by atoms with Gasteiger partial charge in [0.1, 0.15) is 5.76 Å². The van der Waals surface area contributed by atoms with Crippen LogP contribution in [0.1, 0.15) is 27.8 Å². The summed E-state index contributed by atoms with van der Waals surface area (Å²) in [5, 5.41) is 8.67. The zero-order valence-corrected chi connectivity index (χ0v) is 15.4. The average molecular weight is 394 g/mol. The highest BCUT2D eigenvalue weighted by molar-refractivity contribution is 5.98. The molecule has 1 atom stereocenters. The fourth-order valence-electron chi connectivity index (χ4n) is 2.52. The molecular weight excluding hydrogens is 376 g/mol. The summed E-state index contributed by atoms with van der Waals surface area (Å²) in [5.41, 5.74) is 6.17. The third-order valence-electron chi connectivity index (χ3n) is 3.83. The standard InChI is InChI=1S/C20H18N4O5/c1-12-11-16(24-29-12)23-18(25)17(13-5-3-2-4-6-13)28-19(26)14-7-9-15(10-8-14)22-20(21)27/h2-11,17H,1H3,(H3,21,22,27)(H,23,24,25). The maximum absolute atomic E-state index is 12.7. The Hall–Kier alpha value is -4.14. The molecule has 0 fully saturated rings. The Morgan fingerprint density at radius 2 is 1.72 bits per heavy atom. The van der Waals surface area contributed by atoms with Crippen molar-refractivity contribution in [3.63, 3.8) is 0 Å². The van der Waals surface area contributed by atoms with E-state index >= 15 is 0 Å². The largest absolute Gasteiger partial charge is 0.444 e. The normalized spacial score (nSPS) is 11.3. The molecule has 0 saturated heterocycles. The van der Waals surface area contributed by atoms with E-state index in [1.165, 1.54) is 24.3 Å². The van der Waals surface area contributed by atoms with E-state index in [0.717, 1.165) is 0 Å². The van der Waals surface area contributed by atoms with Crippen molar-refractivity contribution in [3.8, 4) is 0 Å². The summed E-state index contributed by atoms with van der Waals surface area (Å²) in [7, 11) is 0. The monoisotopic (exact) mass is 394 g/mol. The second kappa shape index (κ2) is 8.70. The minimum Gasteiger partial charge on any atom is -0.444 e. The van der Waals surface area contributed by atoms with E-state index in [1.54, 1.807) is 43.3 Å². The van der Waals surface area contributed by atoms with Crippen LogP contribution in [0.3, 0.4) is 0 Å². The number of primary amides is 1. The lowest BCUT2D eigenvalue weighted by atomic mass is 10.1. The van der Waals surface area contributed by atoms with Crippen LogP contribution in [0.4, 0.5) is 16.3 Å². The molecule has 0 radical (unpaired) electrons. The number of esters is 1. The van der Waals surface area contributed by atoms with Crippen molar-refractivity contribution in [1.29, 1.82) is 0 Å². The average Bonchev–Trinajstić information content (AvgIpc) is 3.11. The fourth-order valence-corrected chi connectivity index (χ4v) is 2.52. The lowest BCUT2D eigenvalue weighted by Gasteiger charge is -2.17. The van der Waals surface area contributed by atoms with E-state index in [4.69, 9.17) is 15.0 Å². The van der Waals surface area contributed by atoms with Crippen LogP contribution in [0.2, 0.25) is 0 Å². The van der Waals surface area contributed by atoms with Gasteiger partial charge >= 0.3 is 12.0 Å². The number of benzene rings is 2. The van der Waals surface area contributed by atoms with E-state index in [2.05, 4.69) is 15.8 Å². The Morgan fingerprint density at radius 3 is 2.31 bits per heavy atom. The number of nitrogens with zero attached hydrogens (tertiary/aromatic N) is 1. The summed E-state index contributed by atoms with van der Waals surface area (Å²) in [6.07, 6.45) is -1.20. The first-order valence-electron chi connectivity index (χ1n) is 8.59. The lowest BCUT2D eigenvalue weighted by Crippen LogP contribution is -2.26. The number of nitrogens with one attached hydrogen (secondary N) is 2. The van der Waals surface area contributed by atoms with Crippen LogP contribution in [0.5, 0.6) is 0 Å². The van der Waals surface area contributed by atoms with Gasteiger partial charge in [0.15, 0.2) is 5.82 Å². The number of rotatable bonds is 6. The molecule has 0 spiro atoms. The Bertz CT molecular complexity index is 1010. The highest BCUT2D eigenvalue weighted by atomic mass is 16.5. The van der Waals surface area contributed by atoms with Crippen LogP contribution in [0.25, 0.3) is 0 Å². The molecule has 1 aromatic heterocycles. The molecule has 4 N–H and O–H groups in total. The highest BCUT2D eigenvalue weighted by Gasteiger charge is 2.26. The second-order valence-electron chi connectivity index (χ2n) is 6.07. The van der Waals surface area contributed by atoms with Gasteiger partial charge in [-0.1, -0.05) is 35.5 Å². The van der Waals surface area contributed by atoms with Gasteiger partial charge < -0.3 is 25.6 Å². The van der Waals surface area contributed by atoms with Crippen LogP contribution < -0.4 is 16.4 Å². The Labute approximate surface area is 165 Å². The first-order chi connectivity index (χ1) is 13.9. The van der Waals surface area contributed by atoms with E-state index in [-0.39, 0.29) is 11.4 Å². The number of aryl methyl sites for hydroxylation is 1. The van der Waals surface area contributed by atoms with Gasteiger partial charge in [0, 0.05) is 17.3 Å². The maximum atomic E-state index is 12.7. The number of nitrogens with two attached hydrogens (primary N) is 1. The number of carbonyl (C=O) groups is 3. The molecule has 3 rings (SSSR count). The van der Waals surface area contributed by atoms with Crippen molar-refractivity contribution >= 4 is 29.4 Å². The Balaban J connectivity index is 1.78. The molecule has 3 amide bonds. The molecule has 1 heterocycles. The van der Waals surface area contributed by atoms with Crippen molar-refractivity contribution in [2.24, 2.45) is 5.73 Å². The Kier molecular flexibility index (Phi) is 5.88. The zero-order chi connectivity index (χ0) is 20.8. The van der Waals surface area contributed by atoms with Crippen LogP contribution >= 0.6 is 0 Å². The van der Waals surface area contributed by atoms with Gasteiger partial charge in [-0.15, -0.1) is 0 Å². The summed E-state index contributed by atoms with van der Waals surface area (Å²) in [4.78, 5) is 36.2. The van der Waals surface area contributed by atoms with E-state index in [9.17, 15) is 14.4 Å². The number of ether oxygens (including phenoxy) is 1. The van der Waals surface area contributed by atoms with Gasteiger partial charge in [0.2, 0.25) is 6.10 Å². The molecule has 29 heavy (non-hydrogen) atoms. The predicted molar refractivity (Wildman–Crippen MR) is 104 cm³/mol. The van der Waals surface area contributed by atoms with E-state index in [0.29, 0.717) is 17.0 Å². The molecular formula is C20H18N4O5. The highest BCUT2D eigenvalue weighted by Crippen LogP contribution is 2.22. The first kappa shape index (κ1) is 19.6. The number of amides is 3. The van der Waals surface area contributed by atoms with E-state index < -0.39 is 24.0 Å². The topological polar surface area (TPSA) is 137 Å². The summed E-state index contributed by atoms with van der Waals surface area (Å²) in [6, 6.07) is 15.3. The Morgan fingerprint density at radius 1 is 1.03 bits per heavy atom. The van der Waals surface area contributed by atoms with Gasteiger partial charge in [0.25, 0.3) is 5.91 Å². The number of hydrogen-bond acceptors (Lipinski definition) is 6. The third-order valence-corrected chi connectivity index (χ3v) is 3.83. The molecule has 9 nitrogen and oxygen atoms in total. The third kappa shape index (κ3) is 5.19. The van der Waals surface area contributed by atoms with Gasteiger partial charge in [-0.25, -0.2) is 9.59 Å². The minimum atomic E-state index is -1.20. The SMILES string of the molecule is Cc1cc(NC(=O)C(OC(=O)c2ccc(NC(N)=O)cc2)c2ccccc2)no1. The number of carbonyl (C=O) groups excluding carboxylic acids is 3. The summed E-state index contributed by atoms with van der Waals surface area (Å²) in [5.74, 6) is -0.551. The number of anilines is 2. The molecule has 1 unspecified atom stereocenters. The van der Waals surface area contributed by atoms with Crippen molar-refractivity contribution < 1.29 is 23.6 Å². The zero-order valence-electron chi connectivity index (χ0n) is 15.4. The van der Waals surface area contributed by atoms with Crippen molar-refractivity contribution in [2.45, 2.75) is 13.0 Å². The molecule has 3 aromatic rings. The lowest BCUT2D eigenvalue weighted by molar-refractivity contribution is -0.125. The molecule has 0 saturated carbocycles. The van der Waals surface area contributed by atoms with Gasteiger partial charge in [-0.05, 0) is 31.2 Å². The molecule has 148 valence electrons. The van der Waals surface area contributed by atoms with Crippen molar-refractivity contribution in [2.75, 3.05) is 10.6 Å². The molecule has 0 aliphatic carbocycles. The molecule has 0 aliphatic heterocycles. The summed E-state index contributed by atoms with van der Waals surface area (Å²) >= 11 is 0. The summed E-state index contributed by atoms with van der Waals surface area (Å²) < 4.78 is 10.4. The number of urea groups is 1. The van der Waals surface area contributed by atoms with Crippen molar-refractivity contribution in [3.05, 3.63) is 77.6 Å². The predicted octanol–water partition coefficient (Wildman–Crippen LogP) is 3.01. The fraction of sp³-hybridized carbons (Fsp3) is 0.100. The van der Waals surface area contributed by atoms with Crippen molar-refractivity contribution in [1.82, 2.24) is 5.16 Å². The van der Waals surface area contributed by atoms with Crippen LogP contribution in [-0.4, -0.2) is 23.1 Å². The number of aromatic nitrogens is 1. The molecule has 2 aromatic carbocycles. The summed E-state index contributed by atoms with van der Waals surface area (Å²) in [6.45, 7) is 1.69. The second-order valence-corrected chi connectivity index (χ2v) is 6.07. The van der Waals surface area contributed by atoms with Gasteiger partial charge in [-0.2, -0.15) is 0 Å². The van der Waals surface area contributed by atoms with Crippen LogP contribution in [-0.2, 0) is 9.53 Å².